The maximum atomic E-state index is 13.1. The minimum absolute atomic E-state index is 0. The van der Waals surface area contributed by atoms with Crippen molar-refractivity contribution in [3.05, 3.63) is 70.8 Å². The Morgan fingerprint density at radius 1 is 0.962 bits per heavy atom. The van der Waals surface area contributed by atoms with Gasteiger partial charge in [-0.25, -0.2) is 0 Å². The number of allylic oxidation sites excluding steroid dienone is 2. The molecular weight excluding hydrogens is 326 g/mol. The topological polar surface area (TPSA) is 62.3 Å². The molecule has 2 aliphatic rings. The van der Waals surface area contributed by atoms with Crippen molar-refractivity contribution in [2.24, 2.45) is 0 Å². The number of nitrogens with one attached hydrogen (secondary N) is 1. The van der Waals surface area contributed by atoms with Crippen LogP contribution in [-0.2, 0) is 0 Å². The molecule has 4 rings (SSSR count). The van der Waals surface area contributed by atoms with E-state index < -0.39 is 0 Å². The lowest BCUT2D eigenvalue weighted by atomic mass is 9.89. The Hall–Kier alpha value is -2.95. The molecule has 1 saturated heterocycles. The normalized spacial score (nSPS) is 16.4. The van der Waals surface area contributed by atoms with Crippen LogP contribution in [0.1, 0.15) is 46.7 Å². The molecule has 1 aromatic carbocycles. The van der Waals surface area contributed by atoms with Gasteiger partial charge in [-0.3, -0.25) is 14.6 Å². The van der Waals surface area contributed by atoms with Gasteiger partial charge in [0.25, 0.3) is 0 Å². The molecular formula is C21H23N3O2. The largest absolute Gasteiger partial charge is 0.367 e. The molecule has 2 aromatic rings. The van der Waals surface area contributed by atoms with Crippen molar-refractivity contribution < 1.29 is 9.59 Å². The Balaban J connectivity index is 0.00000196. The van der Waals surface area contributed by atoms with Crippen LogP contribution in [0.25, 0.3) is 0 Å². The summed E-state index contributed by atoms with van der Waals surface area (Å²) in [5, 5.41) is 3.16. The standard InChI is InChI=1S/C20H19N3O2.CH4/c1-13-8-9-14(12-21-13)22-17-18(23-10-4-5-11-23)20(25)16-7-3-2-6-15(16)19(17)24;/h2-3,6-9,12,22H,4-5,10-11H2,1H3;1H4. The molecule has 134 valence electrons. The number of ketones is 2. The van der Waals surface area contributed by atoms with Crippen LogP contribution in [0.15, 0.2) is 54.0 Å². The van der Waals surface area contributed by atoms with Gasteiger partial charge < -0.3 is 10.2 Å². The first-order chi connectivity index (χ1) is 12.1. The highest BCUT2D eigenvalue weighted by Crippen LogP contribution is 2.31. The number of nitrogens with zero attached hydrogens (tertiary/aromatic N) is 2. The SMILES string of the molecule is C.Cc1ccc(NC2=C(N3CCCC3)C(=O)c3ccccc3C2=O)cn1. The molecule has 1 aliphatic carbocycles. The number of hydrogen-bond donors (Lipinski definition) is 1. The third-order valence-corrected chi connectivity index (χ3v) is 4.70. The average Bonchev–Trinajstić information content (AvgIpc) is 3.15. The molecule has 0 atom stereocenters. The number of anilines is 1. The zero-order valence-electron chi connectivity index (χ0n) is 14.1. The summed E-state index contributed by atoms with van der Waals surface area (Å²) in [6, 6.07) is 10.8. The van der Waals surface area contributed by atoms with E-state index in [2.05, 4.69) is 10.3 Å². The van der Waals surface area contributed by atoms with Gasteiger partial charge in [-0.1, -0.05) is 31.7 Å². The van der Waals surface area contributed by atoms with Crippen LogP contribution < -0.4 is 5.32 Å². The van der Waals surface area contributed by atoms with Gasteiger partial charge in [0.05, 0.1) is 11.9 Å². The molecule has 0 radical (unpaired) electrons. The summed E-state index contributed by atoms with van der Waals surface area (Å²) in [5.41, 5.74) is 3.39. The Kier molecular flexibility index (Phi) is 4.89. The fourth-order valence-electron chi connectivity index (χ4n) is 3.41. The summed E-state index contributed by atoms with van der Waals surface area (Å²) >= 11 is 0. The highest BCUT2D eigenvalue weighted by Gasteiger charge is 2.36. The van der Waals surface area contributed by atoms with Crippen LogP contribution in [0.5, 0.6) is 0 Å². The highest BCUT2D eigenvalue weighted by molar-refractivity contribution is 6.27. The van der Waals surface area contributed by atoms with Crippen molar-refractivity contribution in [1.82, 2.24) is 9.88 Å². The lowest BCUT2D eigenvalue weighted by Crippen LogP contribution is -2.35. The predicted octanol–water partition coefficient (Wildman–Crippen LogP) is 3.82. The molecule has 26 heavy (non-hydrogen) atoms. The molecule has 5 nitrogen and oxygen atoms in total. The maximum absolute atomic E-state index is 13.1. The summed E-state index contributed by atoms with van der Waals surface area (Å²) in [7, 11) is 0. The fraction of sp³-hybridized carbons (Fsp3) is 0.286. The Morgan fingerprint density at radius 2 is 1.62 bits per heavy atom. The number of carbonyl (C=O) groups excluding carboxylic acids is 2. The Morgan fingerprint density at radius 3 is 2.23 bits per heavy atom. The van der Waals surface area contributed by atoms with Crippen LogP contribution in [0.4, 0.5) is 5.69 Å². The van der Waals surface area contributed by atoms with E-state index >= 15 is 0 Å². The van der Waals surface area contributed by atoms with Crippen molar-refractivity contribution in [1.29, 1.82) is 0 Å². The lowest BCUT2D eigenvalue weighted by molar-refractivity contribution is 0.0948. The van der Waals surface area contributed by atoms with E-state index in [1.165, 1.54) is 0 Å². The van der Waals surface area contributed by atoms with Crippen molar-refractivity contribution >= 4 is 17.3 Å². The number of Topliss-reactive ketones (excluding diaryl/α,β-unsaturated/α-hetero) is 2. The van der Waals surface area contributed by atoms with Crippen molar-refractivity contribution in [2.75, 3.05) is 18.4 Å². The van der Waals surface area contributed by atoms with Crippen LogP contribution in [0.3, 0.4) is 0 Å². The first-order valence-corrected chi connectivity index (χ1v) is 8.52. The Bertz CT molecular complexity index is 878. The van der Waals surface area contributed by atoms with Gasteiger partial charge in [-0.15, -0.1) is 0 Å². The second-order valence-electron chi connectivity index (χ2n) is 6.43. The summed E-state index contributed by atoms with van der Waals surface area (Å²) in [4.78, 5) is 32.5. The number of carbonyl (C=O) groups is 2. The van der Waals surface area contributed by atoms with Gasteiger partial charge in [-0.05, 0) is 31.9 Å². The van der Waals surface area contributed by atoms with E-state index in [9.17, 15) is 9.59 Å². The van der Waals surface area contributed by atoms with Gasteiger partial charge in [0.15, 0.2) is 0 Å². The van der Waals surface area contributed by atoms with E-state index in [1.807, 2.05) is 24.0 Å². The first-order valence-electron chi connectivity index (χ1n) is 8.52. The number of rotatable bonds is 3. The predicted molar refractivity (Wildman–Crippen MR) is 102 cm³/mol. The molecule has 0 spiro atoms. The number of hydrogen-bond acceptors (Lipinski definition) is 5. The quantitative estimate of drug-likeness (QED) is 0.912. The van der Waals surface area contributed by atoms with E-state index in [4.69, 9.17) is 0 Å². The van der Waals surface area contributed by atoms with E-state index in [1.54, 1.807) is 30.5 Å². The monoisotopic (exact) mass is 349 g/mol. The number of aromatic nitrogens is 1. The molecule has 0 saturated carbocycles. The average molecular weight is 349 g/mol. The molecule has 1 fully saturated rings. The molecule has 1 N–H and O–H groups in total. The molecule has 1 aliphatic heterocycles. The van der Waals surface area contributed by atoms with Crippen LogP contribution in [0.2, 0.25) is 0 Å². The van der Waals surface area contributed by atoms with E-state index in [0.717, 1.165) is 31.6 Å². The highest BCUT2D eigenvalue weighted by atomic mass is 16.1. The van der Waals surface area contributed by atoms with Crippen molar-refractivity contribution in [3.8, 4) is 0 Å². The molecule has 1 aromatic heterocycles. The third-order valence-electron chi connectivity index (χ3n) is 4.70. The minimum Gasteiger partial charge on any atom is -0.367 e. The summed E-state index contributed by atoms with van der Waals surface area (Å²) in [5.74, 6) is -0.225. The lowest BCUT2D eigenvalue weighted by Gasteiger charge is -2.28. The molecule has 2 heterocycles. The van der Waals surface area contributed by atoms with Gasteiger partial charge in [0.2, 0.25) is 11.6 Å². The van der Waals surface area contributed by atoms with Crippen LogP contribution in [-0.4, -0.2) is 34.5 Å². The summed E-state index contributed by atoms with van der Waals surface area (Å²) in [6.07, 6.45) is 3.75. The third kappa shape index (κ3) is 3.01. The summed E-state index contributed by atoms with van der Waals surface area (Å²) < 4.78 is 0. The van der Waals surface area contributed by atoms with Crippen molar-refractivity contribution in [3.63, 3.8) is 0 Å². The number of likely N-dealkylation sites (tertiary alicyclic amines) is 1. The van der Waals surface area contributed by atoms with E-state index in [0.29, 0.717) is 28.2 Å². The van der Waals surface area contributed by atoms with E-state index in [-0.39, 0.29) is 19.0 Å². The van der Waals surface area contributed by atoms with Gasteiger partial charge in [0.1, 0.15) is 11.4 Å². The smallest absolute Gasteiger partial charge is 0.212 e. The van der Waals surface area contributed by atoms with Gasteiger partial charge in [-0.2, -0.15) is 0 Å². The zero-order chi connectivity index (χ0) is 17.4. The molecule has 0 bridgehead atoms. The van der Waals surface area contributed by atoms with Gasteiger partial charge >= 0.3 is 0 Å². The second kappa shape index (κ2) is 7.12. The summed E-state index contributed by atoms with van der Waals surface area (Å²) in [6.45, 7) is 3.51. The van der Waals surface area contributed by atoms with Crippen LogP contribution >= 0.6 is 0 Å². The molecule has 5 heteroatoms. The maximum Gasteiger partial charge on any atom is 0.212 e. The first kappa shape index (κ1) is 17.9. The number of aryl methyl sites for hydroxylation is 1. The fourth-order valence-corrected chi connectivity index (χ4v) is 3.41. The number of fused-ring (bicyclic) bond motifs is 1. The molecule has 0 unspecified atom stereocenters. The number of pyridine rings is 1. The second-order valence-corrected chi connectivity index (χ2v) is 6.43. The van der Waals surface area contributed by atoms with Crippen LogP contribution in [0, 0.1) is 6.92 Å². The minimum atomic E-state index is -0.141. The van der Waals surface area contributed by atoms with Crippen molar-refractivity contribution in [2.45, 2.75) is 27.2 Å². The number of benzene rings is 1. The Labute approximate surface area is 153 Å². The van der Waals surface area contributed by atoms with Gasteiger partial charge in [0, 0.05) is 29.9 Å². The molecule has 0 amide bonds. The zero-order valence-corrected chi connectivity index (χ0v) is 14.1.